The summed E-state index contributed by atoms with van der Waals surface area (Å²) in [4.78, 5) is 65.9. The van der Waals surface area contributed by atoms with Crippen molar-refractivity contribution < 1.29 is 61.1 Å². The molecule has 478 valence electrons. The Morgan fingerprint density at radius 1 is 0.571 bits per heavy atom. The number of carbonyl (C=O) groups excluding carboxylic acids is 4. The monoisotopic (exact) mass is 1190 g/mol. The molecule has 8 rings (SSSR count). The quantitative estimate of drug-likeness (QED) is 0.0240. The third-order valence-electron chi connectivity index (χ3n) is 24.3. The number of allylic oxidation sites excluding steroid dienone is 2. The van der Waals surface area contributed by atoms with Gasteiger partial charge in [0.05, 0.1) is 53.4 Å². The average Bonchev–Trinajstić information content (AvgIpc) is 2.65. The van der Waals surface area contributed by atoms with Gasteiger partial charge in [0, 0.05) is 12.8 Å². The number of ether oxygens (including phenoxy) is 4. The van der Waals surface area contributed by atoms with Gasteiger partial charge in [-0.3, -0.25) is 23.7 Å². The summed E-state index contributed by atoms with van der Waals surface area (Å²) in [6, 6.07) is 0. The van der Waals surface area contributed by atoms with E-state index in [-0.39, 0.29) is 55.3 Å². The highest BCUT2D eigenvalue weighted by Gasteiger charge is 2.61. The van der Waals surface area contributed by atoms with E-state index in [1.165, 1.54) is 101 Å². The summed E-state index contributed by atoms with van der Waals surface area (Å²) in [5, 5.41) is 0. The molecule has 6 saturated carbocycles. The summed E-state index contributed by atoms with van der Waals surface area (Å²) in [6.45, 7) is 23.7. The van der Waals surface area contributed by atoms with E-state index in [4.69, 9.17) is 28.0 Å². The second kappa shape index (κ2) is 28.1. The highest BCUT2D eigenvalue weighted by Crippen LogP contribution is 2.69. The fourth-order valence-electron chi connectivity index (χ4n) is 19.7. The summed E-state index contributed by atoms with van der Waals surface area (Å²) in [5.74, 6) is 6.46. The Bertz CT molecular complexity index is 2380. The number of hydrogen-bond donors (Lipinski definition) is 0. The van der Waals surface area contributed by atoms with Crippen LogP contribution < -0.4 is 4.89 Å². The number of phosphoric acid groups is 1. The Morgan fingerprint density at radius 3 is 1.48 bits per heavy atom. The zero-order valence-electron chi connectivity index (χ0n) is 54.8. The molecule has 0 aromatic heterocycles. The lowest BCUT2D eigenvalue weighted by Gasteiger charge is -2.58. The minimum Gasteiger partial charge on any atom is -0.756 e. The molecule has 0 aromatic rings. The predicted molar refractivity (Wildman–Crippen MR) is 328 cm³/mol. The molecule has 0 heterocycles. The molecule has 0 aliphatic heterocycles. The molecule has 0 radical (unpaired) electrons. The van der Waals surface area contributed by atoms with Crippen molar-refractivity contribution in [3.8, 4) is 0 Å². The number of quaternary nitrogens is 1. The highest BCUT2D eigenvalue weighted by molar-refractivity contribution is 7.45. The molecule has 8 aliphatic carbocycles. The maximum absolute atomic E-state index is 13.4. The zero-order chi connectivity index (χ0) is 61.0. The van der Waals surface area contributed by atoms with Gasteiger partial charge in [0.2, 0.25) is 0 Å². The Labute approximate surface area is 508 Å². The zero-order valence-corrected chi connectivity index (χ0v) is 55.7. The van der Waals surface area contributed by atoms with Crippen molar-refractivity contribution in [3.63, 3.8) is 0 Å². The first-order valence-electron chi connectivity index (χ1n) is 34.1. The van der Waals surface area contributed by atoms with Crippen LogP contribution in [0.2, 0.25) is 0 Å². The molecular weight excluding hydrogens is 1080 g/mol. The molecule has 0 saturated heterocycles. The third kappa shape index (κ3) is 16.1. The Morgan fingerprint density at radius 2 is 1.02 bits per heavy atom. The number of likely N-dealkylation sites (N-methyl/N-ethyl adjacent to an activating group) is 1. The highest BCUT2D eigenvalue weighted by atomic mass is 31.2. The van der Waals surface area contributed by atoms with Crippen molar-refractivity contribution in [2.75, 3.05) is 47.5 Å². The van der Waals surface area contributed by atoms with Crippen LogP contribution in [-0.2, 0) is 51.7 Å². The molecule has 6 fully saturated rings. The van der Waals surface area contributed by atoms with E-state index < -0.39 is 51.0 Å². The summed E-state index contributed by atoms with van der Waals surface area (Å²) >= 11 is 0. The minimum absolute atomic E-state index is 0.103. The van der Waals surface area contributed by atoms with E-state index in [1.54, 1.807) is 0 Å². The van der Waals surface area contributed by atoms with Crippen LogP contribution in [0.1, 0.15) is 236 Å². The largest absolute Gasteiger partial charge is 0.756 e. The molecular formula is C70H116NO12P. The molecule has 84 heavy (non-hydrogen) atoms. The molecule has 0 bridgehead atoms. The van der Waals surface area contributed by atoms with E-state index >= 15 is 0 Å². The van der Waals surface area contributed by atoms with Gasteiger partial charge in [-0.2, -0.15) is 0 Å². The van der Waals surface area contributed by atoms with Gasteiger partial charge in [0.1, 0.15) is 32.0 Å². The van der Waals surface area contributed by atoms with E-state index in [1.807, 2.05) is 21.1 Å². The first-order chi connectivity index (χ1) is 39.5. The van der Waals surface area contributed by atoms with Crippen molar-refractivity contribution in [2.45, 2.75) is 254 Å². The number of phosphoric ester groups is 1. The van der Waals surface area contributed by atoms with E-state index in [0.29, 0.717) is 52.0 Å². The smallest absolute Gasteiger partial charge is 0.306 e. The molecule has 13 nitrogen and oxygen atoms in total. The molecule has 8 aliphatic rings. The van der Waals surface area contributed by atoms with Crippen molar-refractivity contribution in [1.82, 2.24) is 0 Å². The van der Waals surface area contributed by atoms with Gasteiger partial charge in [0.25, 0.3) is 7.82 Å². The summed E-state index contributed by atoms with van der Waals surface area (Å²) < 4.78 is 46.6. The first kappa shape index (κ1) is 67.4. The molecule has 14 heteroatoms. The van der Waals surface area contributed by atoms with Crippen molar-refractivity contribution in [2.24, 2.45) is 92.7 Å². The first-order valence-corrected chi connectivity index (χ1v) is 35.5. The van der Waals surface area contributed by atoms with Gasteiger partial charge < -0.3 is 37.4 Å². The predicted octanol–water partition coefficient (Wildman–Crippen LogP) is 15.1. The lowest BCUT2D eigenvalue weighted by molar-refractivity contribution is -0.870. The maximum atomic E-state index is 13.4. The second-order valence-corrected chi connectivity index (χ2v) is 33.1. The maximum Gasteiger partial charge on any atom is 0.306 e. The second-order valence-electron chi connectivity index (χ2n) is 31.7. The SMILES string of the molecule is CC(C)CCC[C@H](C)[C@@H]1CCC2C3CC=C4CC(OC(=O)CCC(=O)OC[C@H](COP(=O)([O-])OCC[N+](C)(C)C)OC(=O)CCC(=O)OC5CC[C@]6(C)C(=CCC7C6CC[C@]6(C)C7CC[C@H]6[C@@H](C)CCCC(C)C)C5)CC[C@@]4(C)C3CC[C@]21C. The van der Waals surface area contributed by atoms with Crippen LogP contribution in [0.5, 0.6) is 0 Å². The van der Waals surface area contributed by atoms with Crippen LogP contribution in [0.15, 0.2) is 23.3 Å². The molecule has 0 N–H and O–H groups in total. The standard InChI is InChI=1S/C70H116NO12P/c1-46(2)16-14-18-48(5)57-24-26-59-55-22-20-50-42-52(32-36-67(50,7)61(55)34-38-69(57,59)9)81-64(73)29-28-63(72)78-44-54(45-80-84(76,77)79-41-40-71(11,12)13)83-66(75)31-30-65(74)82-53-33-37-68(8)51(43-53)21-23-56-60-27-25-58(49(6)19-15-17-47(3)4)70(60,10)39-35-62(56)68/h20-21,46-49,52-62H,14-19,22-45H2,1-13H3/t48-,49-,52?,53?,54+,55?,56?,57-,58-,59?,60?,61?,62?,67+,68+,69-,70-/m0/s1. The number of esters is 4. The van der Waals surface area contributed by atoms with Gasteiger partial charge in [0.15, 0.2) is 6.10 Å². The number of hydrogen-bond acceptors (Lipinski definition) is 12. The normalized spacial score (nSPS) is 36.2. The Balaban J connectivity index is 0.781. The van der Waals surface area contributed by atoms with Crippen LogP contribution in [0.25, 0.3) is 0 Å². The van der Waals surface area contributed by atoms with Gasteiger partial charge in [-0.15, -0.1) is 0 Å². The topological polar surface area (TPSA) is 164 Å². The summed E-state index contributed by atoms with van der Waals surface area (Å²) in [5.41, 5.74) is 3.91. The van der Waals surface area contributed by atoms with Crippen molar-refractivity contribution >= 4 is 31.7 Å². The van der Waals surface area contributed by atoms with Gasteiger partial charge in [-0.25, -0.2) is 0 Å². The fourth-order valence-corrected chi connectivity index (χ4v) is 20.4. The Hall–Kier alpha value is -2.57. The van der Waals surface area contributed by atoms with E-state index in [9.17, 15) is 28.6 Å². The third-order valence-corrected chi connectivity index (χ3v) is 25.3. The average molecular weight is 1190 g/mol. The van der Waals surface area contributed by atoms with Crippen LogP contribution in [0.3, 0.4) is 0 Å². The van der Waals surface area contributed by atoms with Gasteiger partial charge in [-0.05, 0) is 183 Å². The summed E-state index contributed by atoms with van der Waals surface area (Å²) in [7, 11) is 0.853. The number of carbonyl (C=O) groups is 4. The molecule has 0 spiro atoms. The molecule has 0 amide bonds. The molecule has 18 atom stereocenters. The van der Waals surface area contributed by atoms with Gasteiger partial charge in [-0.1, -0.05) is 131 Å². The number of nitrogens with zero attached hydrogens (tertiary/aromatic N) is 1. The number of fused-ring (bicyclic) bond motifs is 10. The fraction of sp³-hybridized carbons (Fsp3) is 0.886. The minimum atomic E-state index is -4.84. The van der Waals surface area contributed by atoms with Crippen molar-refractivity contribution in [1.29, 1.82) is 0 Å². The lowest BCUT2D eigenvalue weighted by atomic mass is 9.47. The molecule has 9 unspecified atom stereocenters. The van der Waals surface area contributed by atoms with Crippen LogP contribution >= 0.6 is 7.82 Å². The summed E-state index contributed by atoms with van der Waals surface area (Å²) in [6.07, 6.45) is 27.9. The van der Waals surface area contributed by atoms with E-state index in [0.717, 1.165) is 92.3 Å². The van der Waals surface area contributed by atoms with Crippen LogP contribution in [0.4, 0.5) is 0 Å². The van der Waals surface area contributed by atoms with Crippen LogP contribution in [-0.4, -0.2) is 94.2 Å². The van der Waals surface area contributed by atoms with Crippen LogP contribution in [0, 0.1) is 92.7 Å². The Kier molecular flexibility index (Phi) is 22.5. The number of rotatable bonds is 28. The molecule has 0 aromatic carbocycles. The lowest BCUT2D eigenvalue weighted by Crippen LogP contribution is -2.51. The van der Waals surface area contributed by atoms with E-state index in [2.05, 4.69) is 81.4 Å². The van der Waals surface area contributed by atoms with Gasteiger partial charge >= 0.3 is 23.9 Å². The van der Waals surface area contributed by atoms with Crippen molar-refractivity contribution in [3.05, 3.63) is 23.3 Å².